The van der Waals surface area contributed by atoms with E-state index in [0.29, 0.717) is 0 Å². The molecule has 0 aromatic rings. The van der Waals surface area contributed by atoms with Crippen molar-refractivity contribution in [3.63, 3.8) is 0 Å². The molecular formula is C10H15ClO3. The second-order valence-corrected chi connectivity index (χ2v) is 4.75. The van der Waals surface area contributed by atoms with Crippen LogP contribution in [0.1, 0.15) is 34.1 Å². The monoisotopic (exact) mass is 218 g/mol. The number of rotatable bonds is 4. The van der Waals surface area contributed by atoms with Crippen molar-refractivity contribution in [2.24, 2.45) is 11.3 Å². The molecule has 3 nitrogen and oxygen atoms in total. The van der Waals surface area contributed by atoms with Gasteiger partial charge in [-0.15, -0.1) is 0 Å². The average molecular weight is 219 g/mol. The fourth-order valence-electron chi connectivity index (χ4n) is 1.09. The van der Waals surface area contributed by atoms with Crippen LogP contribution in [0.3, 0.4) is 0 Å². The van der Waals surface area contributed by atoms with Crippen molar-refractivity contribution in [2.75, 3.05) is 0 Å². The molecule has 0 fully saturated rings. The first-order valence-corrected chi connectivity index (χ1v) is 4.77. The average Bonchev–Trinajstić information content (AvgIpc) is 1.96. The predicted molar refractivity (Wildman–Crippen MR) is 54.1 cm³/mol. The van der Waals surface area contributed by atoms with Gasteiger partial charge in [0.05, 0.1) is 5.92 Å². The minimum atomic E-state index is -0.992. The second kappa shape index (κ2) is 4.69. The summed E-state index contributed by atoms with van der Waals surface area (Å²) in [5.41, 5.74) is -0.648. The van der Waals surface area contributed by atoms with Crippen LogP contribution >= 0.6 is 11.6 Å². The highest BCUT2D eigenvalue weighted by Gasteiger charge is 2.34. The molecule has 0 aliphatic carbocycles. The zero-order valence-corrected chi connectivity index (χ0v) is 9.64. The van der Waals surface area contributed by atoms with Crippen LogP contribution in [0.4, 0.5) is 0 Å². The molecule has 14 heavy (non-hydrogen) atoms. The van der Waals surface area contributed by atoms with Gasteiger partial charge in [-0.1, -0.05) is 20.8 Å². The van der Waals surface area contributed by atoms with Gasteiger partial charge in [0.1, 0.15) is 11.6 Å². The first-order chi connectivity index (χ1) is 6.16. The third-order valence-corrected chi connectivity index (χ3v) is 2.08. The fraction of sp³-hybridized carbons (Fsp3) is 0.700. The van der Waals surface area contributed by atoms with E-state index in [9.17, 15) is 14.4 Å². The van der Waals surface area contributed by atoms with E-state index >= 15 is 0 Å². The summed E-state index contributed by atoms with van der Waals surface area (Å²) in [6, 6.07) is 0. The van der Waals surface area contributed by atoms with Gasteiger partial charge in [0.25, 0.3) is 0 Å². The van der Waals surface area contributed by atoms with Crippen LogP contribution in [0.2, 0.25) is 0 Å². The van der Waals surface area contributed by atoms with Crippen LogP contribution in [0.5, 0.6) is 0 Å². The summed E-state index contributed by atoms with van der Waals surface area (Å²) in [4.78, 5) is 33.5. The standard InChI is InChI=1S/C10H15ClO3/c1-6(12)5-7(9(11)14)8(13)10(2,3)4/h7H,5H2,1-4H3. The van der Waals surface area contributed by atoms with E-state index in [1.807, 2.05) is 0 Å². The predicted octanol–water partition coefficient (Wildman–Crippen LogP) is 1.96. The van der Waals surface area contributed by atoms with Crippen LogP contribution in [-0.2, 0) is 14.4 Å². The Labute approximate surface area is 88.8 Å². The highest BCUT2D eigenvalue weighted by Crippen LogP contribution is 2.24. The lowest BCUT2D eigenvalue weighted by Crippen LogP contribution is -2.33. The molecule has 80 valence electrons. The first-order valence-electron chi connectivity index (χ1n) is 4.39. The molecule has 0 aromatic heterocycles. The molecule has 0 radical (unpaired) electrons. The third kappa shape index (κ3) is 4.01. The zero-order valence-electron chi connectivity index (χ0n) is 8.89. The van der Waals surface area contributed by atoms with Gasteiger partial charge in [-0.25, -0.2) is 0 Å². The first kappa shape index (κ1) is 13.3. The van der Waals surface area contributed by atoms with E-state index in [1.165, 1.54) is 6.92 Å². The lowest BCUT2D eigenvalue weighted by atomic mass is 9.81. The number of carbonyl (C=O) groups is 3. The van der Waals surface area contributed by atoms with Crippen LogP contribution in [-0.4, -0.2) is 16.8 Å². The molecule has 4 heteroatoms. The Morgan fingerprint density at radius 2 is 1.64 bits per heavy atom. The molecule has 0 spiro atoms. The van der Waals surface area contributed by atoms with E-state index in [2.05, 4.69) is 0 Å². The molecule has 0 saturated carbocycles. The molecule has 0 amide bonds. The van der Waals surface area contributed by atoms with Gasteiger partial charge in [-0.2, -0.15) is 0 Å². The van der Waals surface area contributed by atoms with Gasteiger partial charge in [0.2, 0.25) is 5.24 Å². The largest absolute Gasteiger partial charge is 0.300 e. The molecule has 0 rings (SSSR count). The van der Waals surface area contributed by atoms with Crippen molar-refractivity contribution in [2.45, 2.75) is 34.1 Å². The van der Waals surface area contributed by atoms with Gasteiger partial charge < -0.3 is 0 Å². The zero-order chi connectivity index (χ0) is 11.5. The summed E-state index contributed by atoms with van der Waals surface area (Å²) < 4.78 is 0. The summed E-state index contributed by atoms with van der Waals surface area (Å²) in [5.74, 6) is -1.48. The lowest BCUT2D eigenvalue weighted by molar-refractivity contribution is -0.137. The number of carbonyl (C=O) groups excluding carboxylic acids is 3. The molecule has 1 unspecified atom stereocenters. The minimum absolute atomic E-state index is 0.0988. The Bertz CT molecular complexity index is 263. The summed E-state index contributed by atoms with van der Waals surface area (Å²) in [6.45, 7) is 6.43. The van der Waals surface area contributed by atoms with Crippen LogP contribution < -0.4 is 0 Å². The maximum absolute atomic E-state index is 11.7. The van der Waals surface area contributed by atoms with Crippen LogP contribution in [0, 0.1) is 11.3 Å². The molecule has 0 aliphatic heterocycles. The van der Waals surface area contributed by atoms with Crippen molar-refractivity contribution >= 4 is 28.4 Å². The van der Waals surface area contributed by atoms with Gasteiger partial charge >= 0.3 is 0 Å². The molecular weight excluding hydrogens is 204 g/mol. The van der Waals surface area contributed by atoms with Gasteiger partial charge in [-0.3, -0.25) is 14.4 Å². The van der Waals surface area contributed by atoms with E-state index in [0.717, 1.165) is 0 Å². The van der Waals surface area contributed by atoms with Crippen molar-refractivity contribution in [3.05, 3.63) is 0 Å². The number of Topliss-reactive ketones (excluding diaryl/α,β-unsaturated/α-hetero) is 2. The number of halogens is 1. The molecule has 0 N–H and O–H groups in total. The van der Waals surface area contributed by atoms with Crippen LogP contribution in [0.15, 0.2) is 0 Å². The fourth-order valence-corrected chi connectivity index (χ4v) is 1.26. The van der Waals surface area contributed by atoms with Crippen molar-refractivity contribution in [1.29, 1.82) is 0 Å². The van der Waals surface area contributed by atoms with Crippen molar-refractivity contribution in [3.8, 4) is 0 Å². The summed E-state index contributed by atoms with van der Waals surface area (Å²) in [6.07, 6.45) is -0.0988. The quantitative estimate of drug-likeness (QED) is 0.536. The minimum Gasteiger partial charge on any atom is -0.300 e. The summed E-state index contributed by atoms with van der Waals surface area (Å²) in [5, 5.41) is -0.750. The maximum Gasteiger partial charge on any atom is 0.232 e. The molecule has 0 saturated heterocycles. The number of hydrogen-bond acceptors (Lipinski definition) is 3. The normalized spacial score (nSPS) is 13.5. The Kier molecular flexibility index (Phi) is 4.46. The summed E-state index contributed by atoms with van der Waals surface area (Å²) >= 11 is 5.28. The molecule has 0 aliphatic rings. The van der Waals surface area contributed by atoms with Crippen LogP contribution in [0.25, 0.3) is 0 Å². The highest BCUT2D eigenvalue weighted by molar-refractivity contribution is 6.65. The SMILES string of the molecule is CC(=O)CC(C(=O)Cl)C(=O)C(C)(C)C. The molecule has 0 bridgehead atoms. The lowest BCUT2D eigenvalue weighted by Gasteiger charge is -2.21. The number of ketones is 2. The van der Waals surface area contributed by atoms with Gasteiger partial charge in [0.15, 0.2) is 0 Å². The Morgan fingerprint density at radius 3 is 1.86 bits per heavy atom. The molecule has 1 atom stereocenters. The second-order valence-electron chi connectivity index (χ2n) is 4.38. The molecule has 0 heterocycles. The third-order valence-electron chi connectivity index (χ3n) is 1.82. The number of hydrogen-bond donors (Lipinski definition) is 0. The van der Waals surface area contributed by atoms with E-state index in [-0.39, 0.29) is 18.0 Å². The van der Waals surface area contributed by atoms with Crippen molar-refractivity contribution < 1.29 is 14.4 Å². The van der Waals surface area contributed by atoms with Gasteiger partial charge in [-0.05, 0) is 18.5 Å². The Balaban J connectivity index is 4.76. The smallest absolute Gasteiger partial charge is 0.232 e. The Morgan fingerprint density at radius 1 is 1.21 bits per heavy atom. The molecule has 0 aromatic carbocycles. The maximum atomic E-state index is 11.7. The van der Waals surface area contributed by atoms with E-state index in [4.69, 9.17) is 11.6 Å². The Hall–Kier alpha value is -0.700. The van der Waals surface area contributed by atoms with E-state index in [1.54, 1.807) is 20.8 Å². The van der Waals surface area contributed by atoms with Gasteiger partial charge in [0, 0.05) is 11.8 Å². The van der Waals surface area contributed by atoms with Crippen molar-refractivity contribution in [1.82, 2.24) is 0 Å². The van der Waals surface area contributed by atoms with E-state index < -0.39 is 16.6 Å². The topological polar surface area (TPSA) is 51.2 Å². The summed E-state index contributed by atoms with van der Waals surface area (Å²) in [7, 11) is 0. The highest BCUT2D eigenvalue weighted by atomic mass is 35.5.